The van der Waals surface area contributed by atoms with Crippen LogP contribution in [0.25, 0.3) is 0 Å². The van der Waals surface area contributed by atoms with E-state index >= 15 is 0 Å². The first-order chi connectivity index (χ1) is 7.26. The summed E-state index contributed by atoms with van der Waals surface area (Å²) in [4.78, 5) is 15.2. The third-order valence-corrected chi connectivity index (χ3v) is 2.70. The predicted molar refractivity (Wildman–Crippen MR) is 62.0 cm³/mol. The molecule has 1 rings (SSSR count). The number of carbonyl (C=O) groups is 1. The zero-order valence-electron chi connectivity index (χ0n) is 8.82. The van der Waals surface area contributed by atoms with Crippen molar-refractivity contribution in [2.45, 2.75) is 5.75 Å². The van der Waals surface area contributed by atoms with Gasteiger partial charge in [-0.05, 0) is 12.1 Å². The smallest absolute Gasteiger partial charge is 0.315 e. The van der Waals surface area contributed by atoms with Gasteiger partial charge in [-0.2, -0.15) is 0 Å². The molecular weight excluding hydrogens is 212 g/mol. The van der Waals surface area contributed by atoms with Gasteiger partial charge in [-0.3, -0.25) is 4.79 Å². The molecule has 0 aliphatic heterocycles. The minimum Gasteiger partial charge on any atom is -0.468 e. The topological polar surface area (TPSA) is 51.2 Å². The fourth-order valence-corrected chi connectivity index (χ4v) is 1.75. The second-order valence-corrected chi connectivity index (χ2v) is 3.82. The molecule has 1 heterocycles. The molecule has 0 saturated heterocycles. The normalized spacial score (nSPS) is 9.73. The van der Waals surface area contributed by atoms with Crippen molar-refractivity contribution in [3.8, 4) is 0 Å². The van der Waals surface area contributed by atoms with Crippen molar-refractivity contribution in [3.05, 3.63) is 23.9 Å². The van der Waals surface area contributed by atoms with E-state index in [4.69, 9.17) is 0 Å². The summed E-state index contributed by atoms with van der Waals surface area (Å²) >= 11 is 1.49. The highest BCUT2D eigenvalue weighted by Crippen LogP contribution is 2.12. The maximum atomic E-state index is 10.8. The average Bonchev–Trinajstić information content (AvgIpc) is 2.29. The fourth-order valence-electron chi connectivity index (χ4n) is 0.997. The predicted octanol–water partition coefficient (Wildman–Crippen LogP) is 1.53. The zero-order chi connectivity index (χ0) is 11.1. The quantitative estimate of drug-likeness (QED) is 0.772. The number of nitrogens with one attached hydrogen (secondary N) is 1. The Hall–Kier alpha value is -1.23. The molecule has 0 atom stereocenters. The Labute approximate surface area is 93.4 Å². The number of anilines is 1. The summed E-state index contributed by atoms with van der Waals surface area (Å²) in [6.07, 6.45) is 0. The lowest BCUT2D eigenvalue weighted by atomic mass is 10.4. The Morgan fingerprint density at radius 2 is 2.40 bits per heavy atom. The third-order valence-electron chi connectivity index (χ3n) is 1.76. The lowest BCUT2D eigenvalue weighted by Gasteiger charge is -2.03. The van der Waals surface area contributed by atoms with Crippen molar-refractivity contribution in [1.82, 2.24) is 4.98 Å². The molecule has 0 aromatic carbocycles. The van der Waals surface area contributed by atoms with E-state index in [2.05, 4.69) is 15.0 Å². The number of nitrogens with zero attached hydrogens (tertiary/aromatic N) is 1. The second-order valence-electron chi connectivity index (χ2n) is 2.83. The number of pyridine rings is 1. The van der Waals surface area contributed by atoms with Crippen molar-refractivity contribution < 1.29 is 9.53 Å². The molecule has 15 heavy (non-hydrogen) atoms. The number of ether oxygens (including phenoxy) is 1. The van der Waals surface area contributed by atoms with Crippen LogP contribution in [0.3, 0.4) is 0 Å². The van der Waals surface area contributed by atoms with E-state index in [1.807, 2.05) is 25.2 Å². The van der Waals surface area contributed by atoms with E-state index in [1.165, 1.54) is 18.9 Å². The third kappa shape index (κ3) is 4.20. The van der Waals surface area contributed by atoms with Crippen LogP contribution in [-0.2, 0) is 15.3 Å². The van der Waals surface area contributed by atoms with Gasteiger partial charge < -0.3 is 10.1 Å². The minimum atomic E-state index is -0.204. The lowest BCUT2D eigenvalue weighted by Crippen LogP contribution is -2.03. The van der Waals surface area contributed by atoms with Crippen LogP contribution in [0.15, 0.2) is 18.2 Å². The summed E-state index contributed by atoms with van der Waals surface area (Å²) in [5, 5.41) is 2.97. The summed E-state index contributed by atoms with van der Waals surface area (Å²) in [6, 6.07) is 5.77. The van der Waals surface area contributed by atoms with Crippen molar-refractivity contribution in [2.24, 2.45) is 0 Å². The van der Waals surface area contributed by atoms with Gasteiger partial charge in [0.2, 0.25) is 0 Å². The van der Waals surface area contributed by atoms with E-state index in [0.717, 1.165) is 11.5 Å². The van der Waals surface area contributed by atoms with Gasteiger partial charge in [0.1, 0.15) is 5.82 Å². The Morgan fingerprint density at radius 1 is 1.60 bits per heavy atom. The van der Waals surface area contributed by atoms with Crippen LogP contribution in [-0.4, -0.2) is 30.9 Å². The van der Waals surface area contributed by atoms with Crippen LogP contribution in [0.5, 0.6) is 0 Å². The van der Waals surface area contributed by atoms with Crippen LogP contribution < -0.4 is 5.32 Å². The van der Waals surface area contributed by atoms with E-state index in [1.54, 1.807) is 0 Å². The summed E-state index contributed by atoms with van der Waals surface area (Å²) < 4.78 is 4.54. The monoisotopic (exact) mass is 226 g/mol. The molecule has 0 saturated carbocycles. The van der Waals surface area contributed by atoms with Crippen molar-refractivity contribution >= 4 is 23.5 Å². The van der Waals surface area contributed by atoms with Gasteiger partial charge in [-0.15, -0.1) is 11.8 Å². The van der Waals surface area contributed by atoms with E-state index < -0.39 is 0 Å². The summed E-state index contributed by atoms with van der Waals surface area (Å²) in [5.41, 5.74) is 0.954. The Morgan fingerprint density at radius 3 is 3.07 bits per heavy atom. The molecule has 0 amide bonds. The molecular formula is C10H14N2O2S. The van der Waals surface area contributed by atoms with E-state index in [-0.39, 0.29) is 5.97 Å². The molecule has 0 spiro atoms. The minimum absolute atomic E-state index is 0.204. The molecule has 1 N–H and O–H groups in total. The highest BCUT2D eigenvalue weighted by Gasteiger charge is 2.01. The highest BCUT2D eigenvalue weighted by molar-refractivity contribution is 7.99. The molecule has 0 aliphatic carbocycles. The summed E-state index contributed by atoms with van der Waals surface area (Å²) in [7, 11) is 3.22. The Balaban J connectivity index is 2.40. The molecule has 1 aromatic rings. The van der Waals surface area contributed by atoms with Gasteiger partial charge in [0.25, 0.3) is 0 Å². The van der Waals surface area contributed by atoms with E-state index in [0.29, 0.717) is 11.5 Å². The van der Waals surface area contributed by atoms with Crippen molar-refractivity contribution in [1.29, 1.82) is 0 Å². The number of rotatable bonds is 5. The van der Waals surface area contributed by atoms with Gasteiger partial charge in [0, 0.05) is 12.8 Å². The molecule has 0 aliphatic rings. The molecule has 5 heteroatoms. The van der Waals surface area contributed by atoms with Gasteiger partial charge in [-0.1, -0.05) is 6.07 Å². The summed E-state index contributed by atoms with van der Waals surface area (Å²) in [6.45, 7) is 0. The van der Waals surface area contributed by atoms with Crippen molar-refractivity contribution in [3.63, 3.8) is 0 Å². The van der Waals surface area contributed by atoms with Gasteiger partial charge in [0.05, 0.1) is 18.6 Å². The molecule has 0 fully saturated rings. The molecule has 0 unspecified atom stereocenters. The fraction of sp³-hybridized carbons (Fsp3) is 0.400. The second kappa shape index (κ2) is 6.29. The molecule has 1 aromatic heterocycles. The number of aromatic nitrogens is 1. The van der Waals surface area contributed by atoms with Gasteiger partial charge >= 0.3 is 5.97 Å². The Kier molecular flexibility index (Phi) is 4.97. The standard InChI is InChI=1S/C10H14N2O2S/c1-11-9-5-3-4-8(12-9)6-15-7-10(13)14-2/h3-5H,6-7H2,1-2H3,(H,11,12). The first-order valence-electron chi connectivity index (χ1n) is 4.54. The molecule has 0 bridgehead atoms. The number of methoxy groups -OCH3 is 1. The molecule has 82 valence electrons. The number of hydrogen-bond acceptors (Lipinski definition) is 5. The SMILES string of the molecule is CNc1cccc(CSCC(=O)OC)n1. The van der Waals surface area contributed by atoms with Crippen LogP contribution >= 0.6 is 11.8 Å². The maximum absolute atomic E-state index is 10.8. The maximum Gasteiger partial charge on any atom is 0.315 e. The Bertz CT molecular complexity index is 331. The first kappa shape index (κ1) is 11.8. The van der Waals surface area contributed by atoms with Crippen molar-refractivity contribution in [2.75, 3.05) is 25.2 Å². The largest absolute Gasteiger partial charge is 0.468 e. The number of thioether (sulfide) groups is 1. The highest BCUT2D eigenvalue weighted by atomic mass is 32.2. The number of carbonyl (C=O) groups excluding carboxylic acids is 1. The number of hydrogen-bond donors (Lipinski definition) is 1. The van der Waals surface area contributed by atoms with E-state index in [9.17, 15) is 4.79 Å². The van der Waals surface area contributed by atoms with Gasteiger partial charge in [-0.25, -0.2) is 4.98 Å². The summed E-state index contributed by atoms with van der Waals surface area (Å²) in [5.74, 6) is 1.71. The van der Waals surface area contributed by atoms with Crippen LogP contribution in [0.2, 0.25) is 0 Å². The average molecular weight is 226 g/mol. The van der Waals surface area contributed by atoms with Gasteiger partial charge in [0.15, 0.2) is 0 Å². The van der Waals surface area contributed by atoms with Crippen LogP contribution in [0, 0.1) is 0 Å². The first-order valence-corrected chi connectivity index (χ1v) is 5.70. The zero-order valence-corrected chi connectivity index (χ0v) is 9.63. The molecule has 0 radical (unpaired) electrons. The lowest BCUT2D eigenvalue weighted by molar-refractivity contribution is -0.137. The molecule has 4 nitrogen and oxygen atoms in total. The van der Waals surface area contributed by atoms with Crippen LogP contribution in [0.4, 0.5) is 5.82 Å². The number of esters is 1. The van der Waals surface area contributed by atoms with Crippen LogP contribution in [0.1, 0.15) is 5.69 Å².